The van der Waals surface area contributed by atoms with E-state index in [4.69, 9.17) is 0 Å². The van der Waals surface area contributed by atoms with Gasteiger partial charge in [0.2, 0.25) is 0 Å². The van der Waals surface area contributed by atoms with Gasteiger partial charge in [-0.3, -0.25) is 9.10 Å². The molecule has 4 rings (SSSR count). The molecule has 0 saturated heterocycles. The maximum atomic E-state index is 13.7. The Kier molecular flexibility index (Phi) is 8.81. The molecule has 5 nitrogen and oxygen atoms in total. The number of hydrogen-bond acceptors (Lipinski definition) is 4. The molecule has 0 unspecified atom stereocenters. The predicted octanol–water partition coefficient (Wildman–Crippen LogP) is 5.75. The predicted molar refractivity (Wildman–Crippen MR) is 148 cm³/mol. The molecule has 0 aromatic heterocycles. The van der Waals surface area contributed by atoms with E-state index in [9.17, 15) is 13.2 Å². The van der Waals surface area contributed by atoms with Crippen LogP contribution in [-0.4, -0.2) is 26.6 Å². The summed E-state index contributed by atoms with van der Waals surface area (Å²) in [5.41, 5.74) is 2.73. The lowest BCUT2D eigenvalue weighted by molar-refractivity contribution is 0.0957. The number of para-hydroxylation sites is 1. The molecular formula is C29H28N2O3S2. The summed E-state index contributed by atoms with van der Waals surface area (Å²) in [6.45, 7) is 0.587. The summed E-state index contributed by atoms with van der Waals surface area (Å²) in [6, 6.07) is 34.7. The van der Waals surface area contributed by atoms with Gasteiger partial charge in [-0.25, -0.2) is 8.42 Å². The zero-order valence-electron chi connectivity index (χ0n) is 19.8. The van der Waals surface area contributed by atoms with Crippen LogP contribution in [0.5, 0.6) is 0 Å². The van der Waals surface area contributed by atoms with Gasteiger partial charge in [-0.15, -0.1) is 0 Å². The Bertz CT molecular complexity index is 1360. The molecule has 0 aliphatic heterocycles. The fraction of sp³-hybridized carbons (Fsp3) is 0.138. The molecule has 0 aliphatic carbocycles. The first kappa shape index (κ1) is 25.5. The van der Waals surface area contributed by atoms with E-state index < -0.39 is 10.0 Å². The van der Waals surface area contributed by atoms with Crippen LogP contribution in [0.1, 0.15) is 21.5 Å². The molecule has 0 fully saturated rings. The minimum absolute atomic E-state index is 0.106. The van der Waals surface area contributed by atoms with E-state index in [-0.39, 0.29) is 17.3 Å². The summed E-state index contributed by atoms with van der Waals surface area (Å²) in [5.74, 6) is 1.32. The molecule has 1 amide bonds. The van der Waals surface area contributed by atoms with Gasteiger partial charge in [-0.1, -0.05) is 91.0 Å². The van der Waals surface area contributed by atoms with Crippen molar-refractivity contribution >= 4 is 33.4 Å². The molecule has 36 heavy (non-hydrogen) atoms. The number of thioether (sulfide) groups is 1. The smallest absolute Gasteiger partial charge is 0.264 e. The van der Waals surface area contributed by atoms with E-state index in [1.807, 2.05) is 48.5 Å². The lowest BCUT2D eigenvalue weighted by Crippen LogP contribution is -2.34. The quantitative estimate of drug-likeness (QED) is 0.258. The zero-order chi connectivity index (χ0) is 25.2. The van der Waals surface area contributed by atoms with E-state index >= 15 is 0 Å². The number of nitrogens with zero attached hydrogens (tertiary/aromatic N) is 1. The number of rotatable bonds is 11. The van der Waals surface area contributed by atoms with Crippen LogP contribution in [-0.2, 0) is 22.3 Å². The largest absolute Gasteiger partial charge is 0.351 e. The van der Waals surface area contributed by atoms with Crippen LogP contribution in [0.25, 0.3) is 0 Å². The highest BCUT2D eigenvalue weighted by Crippen LogP contribution is 2.29. The van der Waals surface area contributed by atoms with Gasteiger partial charge in [0.1, 0.15) is 0 Å². The Balaban J connectivity index is 1.54. The van der Waals surface area contributed by atoms with Gasteiger partial charge in [0.05, 0.1) is 22.7 Å². The number of sulfonamides is 1. The molecule has 4 aromatic carbocycles. The van der Waals surface area contributed by atoms with Gasteiger partial charge >= 0.3 is 0 Å². The maximum Gasteiger partial charge on any atom is 0.264 e. The number of hydrogen-bond donors (Lipinski definition) is 1. The first-order valence-corrected chi connectivity index (χ1v) is 14.3. The second-order valence-electron chi connectivity index (χ2n) is 8.12. The molecule has 0 heterocycles. The van der Waals surface area contributed by atoms with Crippen molar-refractivity contribution in [2.75, 3.05) is 16.6 Å². The van der Waals surface area contributed by atoms with Crippen LogP contribution in [0.3, 0.4) is 0 Å². The molecule has 0 radical (unpaired) electrons. The number of benzene rings is 4. The van der Waals surface area contributed by atoms with E-state index in [2.05, 4.69) is 17.4 Å². The number of carbonyl (C=O) groups excluding carboxylic acids is 1. The molecule has 184 valence electrons. The highest BCUT2D eigenvalue weighted by molar-refractivity contribution is 7.98. The summed E-state index contributed by atoms with van der Waals surface area (Å²) in [4.78, 5) is 13.4. The van der Waals surface area contributed by atoms with Gasteiger partial charge in [-0.05, 0) is 35.4 Å². The second kappa shape index (κ2) is 12.4. The molecular weight excluding hydrogens is 488 g/mol. The standard InChI is InChI=1S/C29H28N2O3S2/c32-29(30-20-21-35-23-25-14-6-2-7-15-25)27-18-10-11-19-28(27)31(22-24-12-4-1-5-13-24)36(33,34)26-16-8-3-9-17-26/h1-19H,20-23H2,(H,30,32). The van der Waals surface area contributed by atoms with Crippen molar-refractivity contribution in [2.45, 2.75) is 17.2 Å². The summed E-state index contributed by atoms with van der Waals surface area (Å²) >= 11 is 1.74. The monoisotopic (exact) mass is 516 g/mol. The van der Waals surface area contributed by atoms with Crippen molar-refractivity contribution in [3.05, 3.63) is 132 Å². The molecule has 0 aliphatic rings. The zero-order valence-corrected chi connectivity index (χ0v) is 21.4. The number of amides is 1. The van der Waals surface area contributed by atoms with E-state index in [0.29, 0.717) is 17.8 Å². The minimum Gasteiger partial charge on any atom is -0.351 e. The fourth-order valence-electron chi connectivity index (χ4n) is 3.75. The highest BCUT2D eigenvalue weighted by Gasteiger charge is 2.28. The SMILES string of the molecule is O=C(NCCSCc1ccccc1)c1ccccc1N(Cc1ccccc1)S(=O)(=O)c1ccccc1. The molecule has 0 bridgehead atoms. The molecule has 0 spiro atoms. The van der Waals surface area contributed by atoms with E-state index in [0.717, 1.165) is 17.1 Å². The molecule has 0 saturated carbocycles. The number of nitrogens with one attached hydrogen (secondary N) is 1. The van der Waals surface area contributed by atoms with Crippen LogP contribution in [0.2, 0.25) is 0 Å². The normalized spacial score (nSPS) is 11.1. The third-order valence-corrected chi connectivity index (χ3v) is 8.37. The van der Waals surface area contributed by atoms with Crippen molar-refractivity contribution in [3.63, 3.8) is 0 Å². The Morgan fingerprint density at radius 2 is 1.28 bits per heavy atom. The number of carbonyl (C=O) groups is 1. The van der Waals surface area contributed by atoms with Crippen LogP contribution in [0, 0.1) is 0 Å². The van der Waals surface area contributed by atoms with Gasteiger partial charge in [0, 0.05) is 18.1 Å². The highest BCUT2D eigenvalue weighted by atomic mass is 32.2. The van der Waals surface area contributed by atoms with Crippen molar-refractivity contribution in [1.29, 1.82) is 0 Å². The Morgan fingerprint density at radius 3 is 1.94 bits per heavy atom. The van der Waals surface area contributed by atoms with Crippen LogP contribution in [0.4, 0.5) is 5.69 Å². The average molecular weight is 517 g/mol. The number of anilines is 1. The van der Waals surface area contributed by atoms with Gasteiger partial charge in [0.25, 0.3) is 15.9 Å². The summed E-state index contributed by atoms with van der Waals surface area (Å²) in [7, 11) is -3.92. The topological polar surface area (TPSA) is 66.5 Å². The Labute approximate surface area is 217 Å². The Morgan fingerprint density at radius 1 is 0.722 bits per heavy atom. The molecule has 7 heteroatoms. The van der Waals surface area contributed by atoms with Crippen molar-refractivity contribution < 1.29 is 13.2 Å². The van der Waals surface area contributed by atoms with Crippen LogP contribution < -0.4 is 9.62 Å². The lowest BCUT2D eigenvalue weighted by atomic mass is 10.1. The maximum absolute atomic E-state index is 13.7. The fourth-order valence-corrected chi connectivity index (χ4v) is 6.06. The van der Waals surface area contributed by atoms with Crippen molar-refractivity contribution in [1.82, 2.24) is 5.32 Å². The summed E-state index contributed by atoms with van der Waals surface area (Å²) < 4.78 is 28.8. The first-order valence-electron chi connectivity index (χ1n) is 11.7. The molecule has 4 aromatic rings. The van der Waals surface area contributed by atoms with E-state index in [1.54, 1.807) is 66.4 Å². The average Bonchev–Trinajstić information content (AvgIpc) is 2.93. The minimum atomic E-state index is -3.92. The van der Waals surface area contributed by atoms with Crippen LogP contribution >= 0.6 is 11.8 Å². The molecule has 0 atom stereocenters. The van der Waals surface area contributed by atoms with Crippen molar-refractivity contribution in [2.24, 2.45) is 0 Å². The second-order valence-corrected chi connectivity index (χ2v) is 11.1. The Hall–Kier alpha value is -3.55. The third kappa shape index (κ3) is 6.56. The summed E-state index contributed by atoms with van der Waals surface area (Å²) in [5, 5.41) is 2.95. The first-order chi connectivity index (χ1) is 17.6. The molecule has 1 N–H and O–H groups in total. The van der Waals surface area contributed by atoms with Crippen molar-refractivity contribution in [3.8, 4) is 0 Å². The third-order valence-electron chi connectivity index (χ3n) is 5.56. The van der Waals surface area contributed by atoms with Gasteiger partial charge in [0.15, 0.2) is 0 Å². The lowest BCUT2D eigenvalue weighted by Gasteiger charge is -2.26. The van der Waals surface area contributed by atoms with E-state index in [1.165, 1.54) is 9.87 Å². The van der Waals surface area contributed by atoms with Gasteiger partial charge in [-0.2, -0.15) is 11.8 Å². The summed E-state index contributed by atoms with van der Waals surface area (Å²) in [6.07, 6.45) is 0. The van der Waals surface area contributed by atoms with Crippen LogP contribution in [0.15, 0.2) is 120 Å². The van der Waals surface area contributed by atoms with Gasteiger partial charge < -0.3 is 5.32 Å².